The third-order valence-electron chi connectivity index (χ3n) is 5.28. The lowest BCUT2D eigenvalue weighted by Crippen LogP contribution is -2.46. The number of halogens is 1. The first-order valence-electron chi connectivity index (χ1n) is 10.6. The molecule has 2 aromatic rings. The highest BCUT2D eigenvalue weighted by Crippen LogP contribution is 2.35. The van der Waals surface area contributed by atoms with E-state index < -0.39 is 17.1 Å². The highest BCUT2D eigenvalue weighted by molar-refractivity contribution is 9.10. The van der Waals surface area contributed by atoms with Crippen LogP contribution in [-0.2, 0) is 14.3 Å². The molecule has 3 amide bonds. The second kappa shape index (κ2) is 11.1. The molecule has 9 nitrogen and oxygen atoms in total. The summed E-state index contributed by atoms with van der Waals surface area (Å²) < 4.78 is 16.8. The summed E-state index contributed by atoms with van der Waals surface area (Å²) in [5, 5.41) is -0.505. The molecule has 2 aliphatic rings. The predicted octanol–water partition coefficient (Wildman–Crippen LogP) is 3.57. The molecule has 182 valence electrons. The first-order chi connectivity index (χ1) is 16.9. The number of hydrogen-bond acceptors (Lipinski definition) is 8. The second-order valence-electron chi connectivity index (χ2n) is 7.57. The number of morpholine rings is 1. The van der Waals surface area contributed by atoms with Crippen LogP contribution in [0.15, 0.2) is 51.8 Å². The van der Waals surface area contributed by atoms with Gasteiger partial charge in [0.1, 0.15) is 6.54 Å². The summed E-state index contributed by atoms with van der Waals surface area (Å²) in [7, 11) is 1.43. The molecule has 35 heavy (non-hydrogen) atoms. The van der Waals surface area contributed by atoms with Crippen LogP contribution >= 0.6 is 27.7 Å². The topological polar surface area (TPSA) is 102 Å². The van der Waals surface area contributed by atoms with E-state index in [0.29, 0.717) is 37.4 Å². The van der Waals surface area contributed by atoms with Crippen molar-refractivity contribution in [2.45, 2.75) is 0 Å². The Morgan fingerprint density at radius 1 is 1.11 bits per heavy atom. The van der Waals surface area contributed by atoms with Crippen LogP contribution < -0.4 is 9.47 Å². The van der Waals surface area contributed by atoms with Gasteiger partial charge in [0.2, 0.25) is 5.91 Å². The Morgan fingerprint density at radius 3 is 2.60 bits per heavy atom. The van der Waals surface area contributed by atoms with Crippen molar-refractivity contribution in [2.24, 2.45) is 0 Å². The van der Waals surface area contributed by atoms with Crippen LogP contribution in [0.4, 0.5) is 4.79 Å². The van der Waals surface area contributed by atoms with E-state index in [4.69, 9.17) is 14.2 Å². The monoisotopic (exact) mass is 560 g/mol. The quantitative estimate of drug-likeness (QED) is 0.300. The molecule has 0 saturated carbocycles. The van der Waals surface area contributed by atoms with Gasteiger partial charge in [0, 0.05) is 17.6 Å². The van der Waals surface area contributed by atoms with Crippen molar-refractivity contribution < 1.29 is 33.4 Å². The van der Waals surface area contributed by atoms with E-state index in [1.54, 1.807) is 47.4 Å². The molecular weight excluding hydrogens is 540 g/mol. The first kappa shape index (κ1) is 25.0. The molecule has 0 N–H and O–H groups in total. The number of amides is 3. The number of thioether (sulfide) groups is 1. The molecule has 2 saturated heterocycles. The van der Waals surface area contributed by atoms with Crippen LogP contribution in [0.25, 0.3) is 6.08 Å². The van der Waals surface area contributed by atoms with Crippen LogP contribution in [0.1, 0.15) is 15.9 Å². The molecule has 2 aliphatic heterocycles. The van der Waals surface area contributed by atoms with E-state index in [1.807, 2.05) is 0 Å². The Kier molecular flexibility index (Phi) is 7.89. The number of hydrogen-bond donors (Lipinski definition) is 0. The van der Waals surface area contributed by atoms with Gasteiger partial charge < -0.3 is 19.1 Å². The van der Waals surface area contributed by atoms with Crippen molar-refractivity contribution in [1.82, 2.24) is 9.80 Å². The Labute approximate surface area is 214 Å². The highest BCUT2D eigenvalue weighted by atomic mass is 79.9. The highest BCUT2D eigenvalue weighted by Gasteiger charge is 2.37. The fourth-order valence-corrected chi connectivity index (χ4v) is 4.71. The van der Waals surface area contributed by atoms with Crippen LogP contribution in [0, 0.1) is 0 Å². The van der Waals surface area contributed by atoms with E-state index in [-0.39, 0.29) is 28.9 Å². The summed E-state index contributed by atoms with van der Waals surface area (Å²) in [6.07, 6.45) is 1.53. The van der Waals surface area contributed by atoms with Gasteiger partial charge in [-0.25, -0.2) is 4.79 Å². The summed E-state index contributed by atoms with van der Waals surface area (Å²) in [4.78, 5) is 52.9. The van der Waals surface area contributed by atoms with E-state index in [9.17, 15) is 19.2 Å². The van der Waals surface area contributed by atoms with Crippen molar-refractivity contribution in [3.05, 3.63) is 63.0 Å². The Balaban J connectivity index is 1.47. The van der Waals surface area contributed by atoms with E-state index in [1.165, 1.54) is 13.2 Å². The molecule has 0 atom stereocenters. The maximum Gasteiger partial charge on any atom is 0.343 e. The number of methoxy groups -OCH3 is 1. The number of benzene rings is 2. The van der Waals surface area contributed by atoms with Crippen LogP contribution in [-0.4, -0.2) is 72.8 Å². The maximum atomic E-state index is 12.8. The van der Waals surface area contributed by atoms with Gasteiger partial charge in [0.05, 0.1) is 30.8 Å². The standard InChI is InChI=1S/C24H21BrN2O7S/c1-32-19-11-15(5-6-18(19)34-23(30)16-3-2-4-17(25)13-16)12-20-22(29)27(24(31)35-20)14-21(28)26-7-9-33-10-8-26/h2-6,11-13H,7-10,14H2,1H3/b20-12-. The summed E-state index contributed by atoms with van der Waals surface area (Å²) in [6, 6.07) is 11.6. The molecule has 0 unspecified atom stereocenters. The molecule has 0 aromatic heterocycles. The van der Waals surface area contributed by atoms with Crippen molar-refractivity contribution in [3.63, 3.8) is 0 Å². The minimum Gasteiger partial charge on any atom is -0.493 e. The van der Waals surface area contributed by atoms with E-state index >= 15 is 0 Å². The van der Waals surface area contributed by atoms with Gasteiger partial charge in [-0.2, -0.15) is 0 Å². The predicted molar refractivity (Wildman–Crippen MR) is 132 cm³/mol. The molecule has 2 heterocycles. The smallest absolute Gasteiger partial charge is 0.343 e. The number of carbonyl (C=O) groups excluding carboxylic acids is 4. The normalized spacial score (nSPS) is 17.1. The molecule has 11 heteroatoms. The first-order valence-corrected chi connectivity index (χ1v) is 12.2. The molecule has 2 aromatic carbocycles. The molecule has 2 fully saturated rings. The second-order valence-corrected chi connectivity index (χ2v) is 9.48. The lowest BCUT2D eigenvalue weighted by atomic mass is 10.1. The number of imide groups is 1. The minimum absolute atomic E-state index is 0.186. The van der Waals surface area contributed by atoms with Gasteiger partial charge in [-0.05, 0) is 53.7 Å². The van der Waals surface area contributed by atoms with Gasteiger partial charge in [-0.3, -0.25) is 19.3 Å². The summed E-state index contributed by atoms with van der Waals surface area (Å²) in [6.45, 7) is 1.43. The molecule has 4 rings (SSSR count). The lowest BCUT2D eigenvalue weighted by Gasteiger charge is -2.28. The Morgan fingerprint density at radius 2 is 1.89 bits per heavy atom. The van der Waals surface area contributed by atoms with Gasteiger partial charge >= 0.3 is 5.97 Å². The molecule has 0 spiro atoms. The summed E-state index contributed by atoms with van der Waals surface area (Å²) in [5.74, 6) is -0.896. The molecular formula is C24H21BrN2O7S. The van der Waals surface area contributed by atoms with Crippen LogP contribution in [0.5, 0.6) is 11.5 Å². The average molecular weight is 561 g/mol. The van der Waals surface area contributed by atoms with Gasteiger partial charge in [-0.1, -0.05) is 28.1 Å². The number of nitrogens with zero attached hydrogens (tertiary/aromatic N) is 2. The molecule has 0 bridgehead atoms. The third-order valence-corrected chi connectivity index (χ3v) is 6.68. The fourth-order valence-electron chi connectivity index (χ4n) is 3.47. The van der Waals surface area contributed by atoms with Gasteiger partial charge in [-0.15, -0.1) is 0 Å². The van der Waals surface area contributed by atoms with Crippen molar-refractivity contribution in [3.8, 4) is 11.5 Å². The van der Waals surface area contributed by atoms with Crippen molar-refractivity contribution >= 4 is 56.8 Å². The number of carbonyl (C=O) groups is 4. The van der Waals surface area contributed by atoms with Crippen LogP contribution in [0.2, 0.25) is 0 Å². The Bertz CT molecular complexity index is 1210. The maximum absolute atomic E-state index is 12.8. The zero-order valence-electron chi connectivity index (χ0n) is 18.7. The lowest BCUT2D eigenvalue weighted by molar-refractivity contribution is -0.139. The Hall–Kier alpha value is -3.15. The number of esters is 1. The SMILES string of the molecule is COc1cc(/C=C2\SC(=O)N(CC(=O)N3CCOCC3)C2=O)ccc1OC(=O)c1cccc(Br)c1. The van der Waals surface area contributed by atoms with Gasteiger partial charge in [0.15, 0.2) is 11.5 Å². The van der Waals surface area contributed by atoms with E-state index in [2.05, 4.69) is 15.9 Å². The zero-order valence-corrected chi connectivity index (χ0v) is 21.1. The van der Waals surface area contributed by atoms with E-state index in [0.717, 1.165) is 21.1 Å². The zero-order chi connectivity index (χ0) is 24.9. The number of rotatable bonds is 6. The number of ether oxygens (including phenoxy) is 3. The minimum atomic E-state index is -0.552. The molecule has 0 radical (unpaired) electrons. The summed E-state index contributed by atoms with van der Waals surface area (Å²) in [5.41, 5.74) is 0.930. The van der Waals surface area contributed by atoms with Crippen molar-refractivity contribution in [2.75, 3.05) is 40.0 Å². The largest absolute Gasteiger partial charge is 0.493 e. The third kappa shape index (κ3) is 5.92. The van der Waals surface area contributed by atoms with Gasteiger partial charge in [0.25, 0.3) is 11.1 Å². The van der Waals surface area contributed by atoms with Crippen LogP contribution in [0.3, 0.4) is 0 Å². The fraction of sp³-hybridized carbons (Fsp3) is 0.250. The molecule has 0 aliphatic carbocycles. The van der Waals surface area contributed by atoms with Crippen molar-refractivity contribution in [1.29, 1.82) is 0 Å². The summed E-state index contributed by atoms with van der Waals surface area (Å²) >= 11 is 4.08. The average Bonchev–Trinajstić information content (AvgIpc) is 3.12.